The van der Waals surface area contributed by atoms with Crippen molar-refractivity contribution in [3.05, 3.63) is 67.8 Å². The second kappa shape index (κ2) is 17.1. The van der Waals surface area contributed by atoms with E-state index in [1.807, 2.05) is 0 Å². The molecule has 33 heteroatoms. The topological polar surface area (TPSA) is 80.3 Å². The highest BCUT2D eigenvalue weighted by atomic mass is 127. The summed E-state index contributed by atoms with van der Waals surface area (Å²) in [5, 5.41) is 0. The van der Waals surface area contributed by atoms with Gasteiger partial charge in [-0.15, -0.1) is 0 Å². The maximum atomic E-state index is 13.6. The van der Waals surface area contributed by atoms with Crippen LogP contribution in [0.15, 0.2) is 60.7 Å². The van der Waals surface area contributed by atoms with E-state index in [0.29, 0.717) is 0 Å². The van der Waals surface area contributed by atoms with Crippen molar-refractivity contribution in [2.75, 3.05) is 0 Å². The lowest BCUT2D eigenvalue weighted by molar-refractivity contribution is -0.791. The minimum atomic E-state index is -7.84. The number of hydrogen-bond donors (Lipinski definition) is 0. The summed E-state index contributed by atoms with van der Waals surface area (Å²) in [7, 11) is -5.17. The molecule has 2 aromatic rings. The van der Waals surface area contributed by atoms with Gasteiger partial charge < -0.3 is 9.11 Å². The van der Waals surface area contributed by atoms with Gasteiger partial charge in [-0.2, -0.15) is 114 Å². The molecule has 0 saturated heterocycles. The monoisotopic (exact) mass is 1140 g/mol. The van der Waals surface area contributed by atoms with E-state index in [2.05, 4.69) is 0 Å². The summed E-state index contributed by atoms with van der Waals surface area (Å²) >= 11 is -7.02. The summed E-state index contributed by atoms with van der Waals surface area (Å²) < 4.78 is 356. The highest BCUT2D eigenvalue weighted by Gasteiger charge is 2.95. The molecule has 0 amide bonds. The summed E-state index contributed by atoms with van der Waals surface area (Å²) in [6, 6.07) is 9.43. The zero-order chi connectivity index (χ0) is 46.1. The van der Waals surface area contributed by atoms with Gasteiger partial charge in [0.15, 0.2) is 7.14 Å². The van der Waals surface area contributed by atoms with E-state index in [9.17, 15) is 114 Å². The van der Waals surface area contributed by atoms with Gasteiger partial charge in [0, 0.05) is 10.4 Å². The smallest absolute Gasteiger partial charge is 0.516 e. The second-order valence-corrected chi connectivity index (χ2v) is 16.9. The fourth-order valence-corrected chi connectivity index (χ4v) is 7.32. The van der Waals surface area contributed by atoms with Gasteiger partial charge in [0.2, 0.25) is 0 Å². The van der Waals surface area contributed by atoms with Crippen molar-refractivity contribution in [3.8, 4) is 0 Å². The Balaban J connectivity index is 0.000000982. The van der Waals surface area contributed by atoms with Crippen molar-refractivity contribution in [2.45, 2.75) is 67.6 Å². The van der Waals surface area contributed by atoms with Crippen LogP contribution in [-0.2, 0) is 10.4 Å². The van der Waals surface area contributed by atoms with E-state index in [4.69, 9.17) is 17.5 Å². The molecule has 332 valence electrons. The van der Waals surface area contributed by atoms with Crippen LogP contribution >= 0.6 is 0 Å². The predicted octanol–water partition coefficient (Wildman–Crippen LogP) is 3.95. The molecule has 4 nitrogen and oxygen atoms in total. The Labute approximate surface area is 319 Å². The minimum absolute atomic E-state index is 0.669. The van der Waals surface area contributed by atoms with Crippen molar-refractivity contribution < 1.29 is 174 Å². The number of benzene rings is 2. The van der Waals surface area contributed by atoms with E-state index in [0.717, 1.165) is 48.5 Å². The molecule has 0 aromatic heterocycles. The van der Waals surface area contributed by atoms with Crippen LogP contribution in [0, 0.1) is 7.14 Å². The Hall–Kier alpha value is -2.05. The van der Waals surface area contributed by atoms with Crippen molar-refractivity contribution >= 4 is 10.4 Å². The fraction of sp³-hybridized carbons (Fsp3) is 0.500. The van der Waals surface area contributed by atoms with Gasteiger partial charge in [-0.25, -0.2) is 0 Å². The van der Waals surface area contributed by atoms with Crippen molar-refractivity contribution in [1.29, 1.82) is 0 Å². The van der Waals surface area contributed by atoms with Crippen molar-refractivity contribution in [1.82, 2.24) is 0 Å². The van der Waals surface area contributed by atoms with Crippen molar-refractivity contribution in [2.24, 2.45) is 0 Å². The van der Waals surface area contributed by atoms with Crippen LogP contribution in [0.3, 0.4) is 0 Å². The first-order valence-electron chi connectivity index (χ1n) is 12.7. The van der Waals surface area contributed by atoms with E-state index < -0.39 is 128 Å². The van der Waals surface area contributed by atoms with Crippen molar-refractivity contribution in [3.63, 3.8) is 0 Å². The Bertz CT molecular complexity index is 1600. The molecule has 0 heterocycles. The van der Waals surface area contributed by atoms with Gasteiger partial charge in [0.05, 0.1) is 0 Å². The highest BCUT2D eigenvalue weighted by molar-refractivity contribution is 7.79. The molecule has 0 spiro atoms. The summed E-state index contributed by atoms with van der Waals surface area (Å²) in [5.74, 6) is -60.9. The molecular formula is C24H10F26I2O4S. The molecular weight excluding hydrogens is 1130 g/mol. The Kier molecular flexibility index (Phi) is 16.5. The van der Waals surface area contributed by atoms with E-state index in [1.54, 1.807) is 0 Å². The molecule has 2 rings (SSSR count). The Morgan fingerprint density at radius 1 is 0.333 bits per heavy atom. The van der Waals surface area contributed by atoms with Crippen LogP contribution in [0.1, 0.15) is 0 Å². The third-order valence-electron chi connectivity index (χ3n) is 5.71. The third-order valence-corrected chi connectivity index (χ3v) is 11.1. The molecule has 0 saturated carbocycles. The Morgan fingerprint density at radius 3 is 0.684 bits per heavy atom. The van der Waals surface area contributed by atoms with Crippen LogP contribution in [0.5, 0.6) is 0 Å². The lowest BCUT2D eigenvalue weighted by atomic mass is 9.98. The van der Waals surface area contributed by atoms with Crippen LogP contribution in [0.4, 0.5) is 114 Å². The summed E-state index contributed by atoms with van der Waals surface area (Å²) in [5.41, 5.74) is 0. The zero-order valence-corrected chi connectivity index (χ0v) is 30.5. The lowest BCUT2D eigenvalue weighted by Crippen LogP contribution is -3.68. The predicted molar refractivity (Wildman–Crippen MR) is 122 cm³/mol. The Morgan fingerprint density at radius 2 is 0.509 bits per heavy atom. The normalized spacial score (nSPS) is 14.9. The van der Waals surface area contributed by atoms with Gasteiger partial charge in [0.1, 0.15) is 0 Å². The number of rotatable bonds is 12. The average molecular weight is 1140 g/mol. The minimum Gasteiger partial charge on any atom is -0.759 e. The number of halogens is 28. The molecule has 0 radical (unpaired) electrons. The average Bonchev–Trinajstić information content (AvgIpc) is 2.99. The van der Waals surface area contributed by atoms with Crippen LogP contribution in [-0.4, -0.2) is 85.1 Å². The zero-order valence-electron chi connectivity index (χ0n) is 25.4. The standard InChI is InChI=1S/2C12H5F13I.H2O4S/c2*13-7(14,9(17,18)11(21,22)23)8(15,16)10(19,20)12(24,25)26-6-4-2-1-3-5-6;1-5(2,3)4/h2*1-5H;(H2,1,2,3,4)/q2*+1;/p-2. The SMILES string of the molecule is FC(F)(F)C(F)(F)C(F)(F)C(F)(F)C(F)(F)C(F)(F)[I+]c1ccccc1.FC(F)(F)C(F)(F)C(F)(F)C(F)(F)C(F)(F)C(F)(F)[I+]c1ccccc1.O=S(=O)([O-])[O-]. The first-order chi connectivity index (χ1) is 24.7. The maximum Gasteiger partial charge on any atom is 0.516 e. The fourth-order valence-electron chi connectivity index (χ4n) is 2.85. The largest absolute Gasteiger partial charge is 0.759 e. The third kappa shape index (κ3) is 11.2. The molecule has 0 aliphatic rings. The molecule has 2 aromatic carbocycles. The first kappa shape index (κ1) is 55.0. The molecule has 0 unspecified atom stereocenters. The van der Waals surface area contributed by atoms with E-state index >= 15 is 0 Å². The summed E-state index contributed by atoms with van der Waals surface area (Å²) in [6.45, 7) is 0. The van der Waals surface area contributed by atoms with E-state index in [1.165, 1.54) is 12.1 Å². The van der Waals surface area contributed by atoms with E-state index in [-0.39, 0.29) is 0 Å². The lowest BCUT2D eigenvalue weighted by Gasteiger charge is -2.36. The molecule has 0 fully saturated rings. The molecule has 0 N–H and O–H groups in total. The van der Waals surface area contributed by atoms with Crippen LogP contribution < -0.4 is 42.4 Å². The second-order valence-electron chi connectivity index (χ2n) is 9.77. The van der Waals surface area contributed by atoms with Gasteiger partial charge in [-0.3, -0.25) is 8.42 Å². The van der Waals surface area contributed by atoms with Crippen LogP contribution in [0.2, 0.25) is 0 Å². The molecule has 0 atom stereocenters. The number of hydrogen-bond acceptors (Lipinski definition) is 4. The molecule has 57 heavy (non-hydrogen) atoms. The quantitative estimate of drug-likeness (QED) is 0.106. The van der Waals surface area contributed by atoms with Gasteiger partial charge in [0.25, 0.3) is 0 Å². The summed E-state index contributed by atoms with van der Waals surface area (Å²) in [4.78, 5) is 0. The molecule has 0 aliphatic heterocycles. The van der Waals surface area contributed by atoms with Gasteiger partial charge in [-0.05, 0) is 24.3 Å². The maximum absolute atomic E-state index is 13.6. The number of alkyl halides is 28. The molecule has 0 bridgehead atoms. The van der Waals surface area contributed by atoms with Gasteiger partial charge >= 0.3 is 110 Å². The highest BCUT2D eigenvalue weighted by Crippen LogP contribution is 2.60. The summed E-state index contributed by atoms with van der Waals surface area (Å²) in [6.07, 6.45) is -14.8. The first-order valence-corrected chi connectivity index (χ1v) is 18.3. The molecule has 0 aliphatic carbocycles. The van der Waals surface area contributed by atoms with Gasteiger partial charge in [-0.1, -0.05) is 36.4 Å². The van der Waals surface area contributed by atoms with Crippen LogP contribution in [0.25, 0.3) is 0 Å².